The highest BCUT2D eigenvalue weighted by atomic mass is 16.5. The Kier molecular flexibility index (Phi) is 2.59. The van der Waals surface area contributed by atoms with E-state index in [1.54, 1.807) is 19.1 Å². The highest BCUT2D eigenvalue weighted by Gasteiger charge is 2.14. The van der Waals surface area contributed by atoms with Crippen molar-refractivity contribution >= 4 is 11.9 Å². The Balaban J connectivity index is 2.62. The number of anilines is 1. The van der Waals surface area contributed by atoms with E-state index in [2.05, 4.69) is 5.16 Å². The summed E-state index contributed by atoms with van der Waals surface area (Å²) in [7, 11) is 0. The number of aromatic nitrogens is 1. The van der Waals surface area contributed by atoms with E-state index in [0.717, 1.165) is 11.1 Å². The van der Waals surface area contributed by atoms with Crippen molar-refractivity contribution in [3.05, 3.63) is 34.9 Å². The Morgan fingerprint density at radius 2 is 2.00 bits per heavy atom. The summed E-state index contributed by atoms with van der Waals surface area (Å²) in [5, 5.41) is 12.8. The lowest BCUT2D eigenvalue weighted by Crippen LogP contribution is -2.01. The van der Waals surface area contributed by atoms with Crippen molar-refractivity contribution < 1.29 is 14.4 Å². The minimum Gasteiger partial charge on any atom is -0.478 e. The number of hydrogen-bond acceptors (Lipinski definition) is 4. The minimum atomic E-state index is -0.958. The van der Waals surface area contributed by atoms with Crippen molar-refractivity contribution in [2.24, 2.45) is 0 Å². The number of nitrogens with two attached hydrogens (primary N) is 1. The number of nitrogens with zero attached hydrogens (tertiary/aromatic N) is 1. The molecule has 1 aromatic heterocycles. The van der Waals surface area contributed by atoms with Gasteiger partial charge in [-0.3, -0.25) is 0 Å². The molecule has 0 amide bonds. The number of carbonyl (C=O) groups is 1. The van der Waals surface area contributed by atoms with E-state index in [1.807, 2.05) is 13.0 Å². The summed E-state index contributed by atoms with van der Waals surface area (Å²) in [6.07, 6.45) is 0. The second kappa shape index (κ2) is 3.93. The monoisotopic (exact) mass is 232 g/mol. The van der Waals surface area contributed by atoms with Gasteiger partial charge in [0.2, 0.25) is 5.88 Å². The molecule has 5 heteroatoms. The second-order valence-electron chi connectivity index (χ2n) is 3.90. The van der Waals surface area contributed by atoms with Gasteiger partial charge in [-0.2, -0.15) is 0 Å². The Morgan fingerprint density at radius 1 is 1.29 bits per heavy atom. The fourth-order valence-corrected chi connectivity index (χ4v) is 1.77. The smallest absolute Gasteiger partial charge is 0.335 e. The van der Waals surface area contributed by atoms with Gasteiger partial charge in [0.25, 0.3) is 0 Å². The number of aryl methyl sites for hydroxylation is 2. The van der Waals surface area contributed by atoms with Gasteiger partial charge in [-0.15, -0.1) is 0 Å². The van der Waals surface area contributed by atoms with E-state index >= 15 is 0 Å². The van der Waals surface area contributed by atoms with Gasteiger partial charge >= 0.3 is 5.97 Å². The van der Waals surface area contributed by atoms with Crippen molar-refractivity contribution in [2.75, 3.05) is 5.73 Å². The predicted molar refractivity (Wildman–Crippen MR) is 62.8 cm³/mol. The van der Waals surface area contributed by atoms with Gasteiger partial charge in [0.05, 0.1) is 5.56 Å². The number of benzene rings is 1. The van der Waals surface area contributed by atoms with E-state index in [9.17, 15) is 4.79 Å². The van der Waals surface area contributed by atoms with Gasteiger partial charge in [-0.1, -0.05) is 11.2 Å². The summed E-state index contributed by atoms with van der Waals surface area (Å²) >= 11 is 0. The average molecular weight is 232 g/mol. The van der Waals surface area contributed by atoms with E-state index in [4.69, 9.17) is 15.4 Å². The van der Waals surface area contributed by atoms with Crippen molar-refractivity contribution in [1.82, 2.24) is 5.16 Å². The van der Waals surface area contributed by atoms with Gasteiger partial charge in [-0.05, 0) is 31.0 Å². The van der Waals surface area contributed by atoms with Crippen LogP contribution in [0.4, 0.5) is 5.88 Å². The van der Waals surface area contributed by atoms with E-state index < -0.39 is 5.97 Å². The molecule has 0 bridgehead atoms. The predicted octanol–water partition coefficient (Wildman–Crippen LogP) is 2.24. The number of nitrogen functional groups attached to an aromatic ring is 1. The average Bonchev–Trinajstić information content (AvgIpc) is 2.64. The molecule has 2 aromatic rings. The van der Waals surface area contributed by atoms with E-state index in [0.29, 0.717) is 11.3 Å². The van der Waals surface area contributed by atoms with Crippen LogP contribution in [0.3, 0.4) is 0 Å². The maximum atomic E-state index is 11.1. The van der Waals surface area contributed by atoms with Crippen molar-refractivity contribution in [3.8, 4) is 11.3 Å². The van der Waals surface area contributed by atoms with Crippen molar-refractivity contribution in [3.63, 3.8) is 0 Å². The molecule has 1 heterocycles. The molecule has 1 aromatic carbocycles. The summed E-state index contributed by atoms with van der Waals surface area (Å²) < 4.78 is 4.78. The van der Waals surface area contributed by atoms with Gasteiger partial charge in [0, 0.05) is 11.6 Å². The van der Waals surface area contributed by atoms with Gasteiger partial charge < -0.3 is 15.4 Å². The van der Waals surface area contributed by atoms with E-state index in [-0.39, 0.29) is 11.4 Å². The zero-order chi connectivity index (χ0) is 12.6. The first-order chi connectivity index (χ1) is 7.99. The molecule has 2 rings (SSSR count). The Hall–Kier alpha value is -2.30. The molecule has 0 saturated carbocycles. The van der Waals surface area contributed by atoms with Crippen LogP contribution in [0.25, 0.3) is 11.3 Å². The minimum absolute atomic E-state index is 0.205. The zero-order valence-corrected chi connectivity index (χ0v) is 9.52. The molecular weight excluding hydrogens is 220 g/mol. The molecule has 0 unspecified atom stereocenters. The third kappa shape index (κ3) is 1.99. The van der Waals surface area contributed by atoms with Crippen LogP contribution < -0.4 is 5.73 Å². The Morgan fingerprint density at radius 3 is 2.53 bits per heavy atom. The fraction of sp³-hybridized carbons (Fsp3) is 0.167. The van der Waals surface area contributed by atoms with Crippen molar-refractivity contribution in [1.29, 1.82) is 0 Å². The molecule has 0 radical (unpaired) electrons. The molecule has 17 heavy (non-hydrogen) atoms. The topological polar surface area (TPSA) is 89.4 Å². The largest absolute Gasteiger partial charge is 0.478 e. The molecule has 0 aliphatic rings. The molecule has 88 valence electrons. The quantitative estimate of drug-likeness (QED) is 0.828. The maximum Gasteiger partial charge on any atom is 0.335 e. The number of carboxylic acids is 1. The standard InChI is InChI=1S/C12H12N2O3/c1-6-3-7(2)9(12(15)16)4-8(6)10-5-11(13)17-14-10/h3-5H,13H2,1-2H3,(H,15,16). The van der Waals surface area contributed by atoms with Crippen LogP contribution in [0.15, 0.2) is 22.7 Å². The van der Waals surface area contributed by atoms with Crippen LogP contribution in [0, 0.1) is 13.8 Å². The normalized spacial score (nSPS) is 10.5. The van der Waals surface area contributed by atoms with Crippen LogP contribution in [-0.4, -0.2) is 16.2 Å². The molecule has 0 aliphatic carbocycles. The molecular formula is C12H12N2O3. The first-order valence-corrected chi connectivity index (χ1v) is 5.06. The summed E-state index contributed by atoms with van der Waals surface area (Å²) in [6.45, 7) is 3.65. The van der Waals surface area contributed by atoms with Gasteiger partial charge in [-0.25, -0.2) is 4.79 Å². The summed E-state index contributed by atoms with van der Waals surface area (Å²) in [5.41, 5.74) is 8.61. The highest BCUT2D eigenvalue weighted by Crippen LogP contribution is 2.26. The summed E-state index contributed by atoms with van der Waals surface area (Å²) in [5.74, 6) is -0.753. The lowest BCUT2D eigenvalue weighted by atomic mass is 9.98. The summed E-state index contributed by atoms with van der Waals surface area (Å²) in [4.78, 5) is 11.1. The number of carboxylic acid groups (broad SMARTS) is 1. The number of aromatic carboxylic acids is 1. The second-order valence-corrected chi connectivity index (χ2v) is 3.90. The Bertz CT molecular complexity index is 587. The first kappa shape index (κ1) is 11.2. The lowest BCUT2D eigenvalue weighted by Gasteiger charge is -2.07. The third-order valence-corrected chi connectivity index (χ3v) is 2.61. The van der Waals surface area contributed by atoms with Crippen LogP contribution >= 0.6 is 0 Å². The van der Waals surface area contributed by atoms with Crippen LogP contribution in [0.2, 0.25) is 0 Å². The lowest BCUT2D eigenvalue weighted by molar-refractivity contribution is 0.0696. The van der Waals surface area contributed by atoms with Gasteiger partial charge in [0.1, 0.15) is 5.69 Å². The summed E-state index contributed by atoms with van der Waals surface area (Å²) in [6, 6.07) is 4.97. The molecule has 5 nitrogen and oxygen atoms in total. The molecule has 3 N–H and O–H groups in total. The van der Waals surface area contributed by atoms with Crippen molar-refractivity contribution in [2.45, 2.75) is 13.8 Å². The third-order valence-electron chi connectivity index (χ3n) is 2.61. The van der Waals surface area contributed by atoms with E-state index in [1.165, 1.54) is 0 Å². The highest BCUT2D eigenvalue weighted by molar-refractivity contribution is 5.91. The first-order valence-electron chi connectivity index (χ1n) is 5.06. The molecule has 0 fully saturated rings. The molecule has 0 aliphatic heterocycles. The zero-order valence-electron chi connectivity index (χ0n) is 9.52. The molecule has 0 spiro atoms. The number of rotatable bonds is 2. The SMILES string of the molecule is Cc1cc(C)c(-c2cc(N)on2)cc1C(=O)O. The maximum absolute atomic E-state index is 11.1. The fourth-order valence-electron chi connectivity index (χ4n) is 1.77. The molecule has 0 saturated heterocycles. The van der Waals surface area contributed by atoms with Crippen LogP contribution in [-0.2, 0) is 0 Å². The number of hydrogen-bond donors (Lipinski definition) is 2. The van der Waals surface area contributed by atoms with Crippen LogP contribution in [0.1, 0.15) is 21.5 Å². The Labute approximate surface area is 97.8 Å². The van der Waals surface area contributed by atoms with Gasteiger partial charge in [0.15, 0.2) is 0 Å². The molecule has 0 atom stereocenters. The van der Waals surface area contributed by atoms with Crippen LogP contribution in [0.5, 0.6) is 0 Å².